The maximum Gasteiger partial charge on any atom is 0.244 e. The summed E-state index contributed by atoms with van der Waals surface area (Å²) >= 11 is 17.9. The second-order valence-corrected chi connectivity index (χ2v) is 8.30. The van der Waals surface area contributed by atoms with Crippen LogP contribution in [0.1, 0.15) is 31.7 Å². The molecule has 2 rings (SSSR count). The Morgan fingerprint density at radius 2 is 1.90 bits per heavy atom. The normalized spacial score (nSPS) is 15.7. The van der Waals surface area contributed by atoms with Crippen molar-refractivity contribution < 1.29 is 8.42 Å². The summed E-state index contributed by atoms with van der Waals surface area (Å²) in [5, 5.41) is 0.531. The van der Waals surface area contributed by atoms with E-state index in [1.165, 1.54) is 16.4 Å². The Bertz CT molecular complexity index is 615. The fraction of sp³-hybridized carbons (Fsp3) is 0.571. The highest BCUT2D eigenvalue weighted by atomic mass is 35.5. The van der Waals surface area contributed by atoms with Crippen LogP contribution in [0.4, 0.5) is 0 Å². The topological polar surface area (TPSA) is 37.4 Å². The zero-order valence-corrected chi connectivity index (χ0v) is 14.9. The van der Waals surface area contributed by atoms with E-state index in [1.807, 2.05) is 6.92 Å². The molecule has 1 aromatic rings. The van der Waals surface area contributed by atoms with E-state index < -0.39 is 10.0 Å². The Morgan fingerprint density at radius 3 is 2.43 bits per heavy atom. The first kappa shape index (κ1) is 17.4. The quantitative estimate of drug-likeness (QED) is 0.661. The predicted octanol–water partition coefficient (Wildman–Crippen LogP) is 4.54. The average molecular weight is 371 g/mol. The molecule has 0 unspecified atom stereocenters. The number of nitrogens with zero attached hydrogens (tertiary/aromatic N) is 1. The molecule has 0 spiro atoms. The Morgan fingerprint density at radius 1 is 1.24 bits per heavy atom. The van der Waals surface area contributed by atoms with Gasteiger partial charge in [-0.1, -0.05) is 30.1 Å². The number of alkyl halides is 1. The zero-order chi connectivity index (χ0) is 15.6. The summed E-state index contributed by atoms with van der Waals surface area (Å²) in [4.78, 5) is 0.0957. The smallest absolute Gasteiger partial charge is 0.207 e. The van der Waals surface area contributed by atoms with Crippen molar-refractivity contribution in [3.8, 4) is 0 Å². The Balaban J connectivity index is 2.40. The molecule has 0 amide bonds. The summed E-state index contributed by atoms with van der Waals surface area (Å²) in [6, 6.07) is 2.94. The van der Waals surface area contributed by atoms with Crippen molar-refractivity contribution >= 4 is 44.8 Å². The van der Waals surface area contributed by atoms with Crippen LogP contribution in [-0.2, 0) is 15.9 Å². The lowest BCUT2D eigenvalue weighted by atomic mass is 10.2. The van der Waals surface area contributed by atoms with Crippen LogP contribution in [-0.4, -0.2) is 25.8 Å². The van der Waals surface area contributed by atoms with Gasteiger partial charge in [0.05, 0.1) is 5.02 Å². The maximum absolute atomic E-state index is 12.8. The van der Waals surface area contributed by atoms with Crippen molar-refractivity contribution in [2.75, 3.05) is 13.1 Å². The van der Waals surface area contributed by atoms with E-state index in [1.54, 1.807) is 0 Å². The number of rotatable bonds is 7. The molecule has 1 fully saturated rings. The standard InChI is InChI=1S/C14H18Cl3NO2S/c1-2-5-18(9-10-3-4-10)21(19,20)14-6-11(8-15)12(16)7-13(14)17/h6-7,10H,2-5,8-9H2,1H3. The van der Waals surface area contributed by atoms with Crippen LogP contribution >= 0.6 is 34.8 Å². The lowest BCUT2D eigenvalue weighted by Crippen LogP contribution is -2.34. The van der Waals surface area contributed by atoms with Crippen molar-refractivity contribution in [2.24, 2.45) is 5.92 Å². The second-order valence-electron chi connectivity index (χ2n) is 5.31. The first-order valence-electron chi connectivity index (χ1n) is 6.94. The Labute approximate surface area is 141 Å². The third-order valence-electron chi connectivity index (χ3n) is 3.49. The Hall–Kier alpha value is -0.000000000000000111. The van der Waals surface area contributed by atoms with Gasteiger partial charge in [-0.15, -0.1) is 11.6 Å². The fourth-order valence-electron chi connectivity index (χ4n) is 2.16. The third-order valence-corrected chi connectivity index (χ3v) is 6.46. The first-order chi connectivity index (χ1) is 9.90. The van der Waals surface area contributed by atoms with Gasteiger partial charge in [-0.25, -0.2) is 8.42 Å². The van der Waals surface area contributed by atoms with E-state index in [0.717, 1.165) is 19.3 Å². The molecule has 1 saturated carbocycles. The van der Waals surface area contributed by atoms with Gasteiger partial charge in [-0.05, 0) is 42.9 Å². The maximum atomic E-state index is 12.8. The zero-order valence-electron chi connectivity index (χ0n) is 11.8. The highest BCUT2D eigenvalue weighted by Crippen LogP contribution is 2.35. The van der Waals surface area contributed by atoms with Gasteiger partial charge in [0.2, 0.25) is 10.0 Å². The molecule has 0 heterocycles. The van der Waals surface area contributed by atoms with Gasteiger partial charge < -0.3 is 0 Å². The summed E-state index contributed by atoms with van der Waals surface area (Å²) in [6.45, 7) is 3.02. The van der Waals surface area contributed by atoms with Crippen molar-refractivity contribution in [3.05, 3.63) is 27.7 Å². The molecule has 1 aliphatic carbocycles. The van der Waals surface area contributed by atoms with Gasteiger partial charge in [-0.2, -0.15) is 4.31 Å². The number of halogens is 3. The van der Waals surface area contributed by atoms with E-state index in [0.29, 0.717) is 29.6 Å². The minimum Gasteiger partial charge on any atom is -0.207 e. The highest BCUT2D eigenvalue weighted by molar-refractivity contribution is 7.89. The number of hydrogen-bond acceptors (Lipinski definition) is 2. The van der Waals surface area contributed by atoms with Crippen molar-refractivity contribution in [2.45, 2.75) is 37.0 Å². The molecule has 0 aromatic heterocycles. The second kappa shape index (κ2) is 7.05. The van der Waals surface area contributed by atoms with E-state index in [2.05, 4.69) is 0 Å². The number of benzene rings is 1. The molecule has 0 saturated heterocycles. The van der Waals surface area contributed by atoms with E-state index >= 15 is 0 Å². The first-order valence-corrected chi connectivity index (χ1v) is 9.67. The molecule has 0 N–H and O–H groups in total. The molecular formula is C14H18Cl3NO2S. The van der Waals surface area contributed by atoms with Crippen LogP contribution in [0.5, 0.6) is 0 Å². The molecule has 0 radical (unpaired) electrons. The van der Waals surface area contributed by atoms with Gasteiger partial charge in [-0.3, -0.25) is 0 Å². The van der Waals surface area contributed by atoms with Crippen molar-refractivity contribution in [3.63, 3.8) is 0 Å². The molecule has 3 nitrogen and oxygen atoms in total. The fourth-order valence-corrected chi connectivity index (χ4v) is 4.89. The van der Waals surface area contributed by atoms with E-state index in [4.69, 9.17) is 34.8 Å². The lowest BCUT2D eigenvalue weighted by Gasteiger charge is -2.22. The largest absolute Gasteiger partial charge is 0.244 e. The molecule has 0 atom stereocenters. The Kier molecular flexibility index (Phi) is 5.83. The van der Waals surface area contributed by atoms with Crippen molar-refractivity contribution in [1.29, 1.82) is 0 Å². The number of hydrogen-bond donors (Lipinski definition) is 0. The molecule has 0 bridgehead atoms. The minimum absolute atomic E-state index is 0.0957. The molecule has 1 aromatic carbocycles. The SMILES string of the molecule is CCCN(CC1CC1)S(=O)(=O)c1cc(CCl)c(Cl)cc1Cl. The summed E-state index contributed by atoms with van der Waals surface area (Å²) in [7, 11) is -3.61. The van der Waals surface area contributed by atoms with Crippen LogP contribution in [0.15, 0.2) is 17.0 Å². The molecule has 7 heteroatoms. The third kappa shape index (κ3) is 4.05. The van der Waals surface area contributed by atoms with Crippen LogP contribution in [0.2, 0.25) is 10.0 Å². The van der Waals surface area contributed by atoms with Gasteiger partial charge in [0, 0.05) is 24.0 Å². The van der Waals surface area contributed by atoms with Crippen LogP contribution in [0.3, 0.4) is 0 Å². The number of sulfonamides is 1. The molecule has 21 heavy (non-hydrogen) atoms. The lowest BCUT2D eigenvalue weighted by molar-refractivity contribution is 0.395. The monoisotopic (exact) mass is 369 g/mol. The average Bonchev–Trinajstić information content (AvgIpc) is 3.22. The van der Waals surface area contributed by atoms with Gasteiger partial charge in [0.25, 0.3) is 0 Å². The summed E-state index contributed by atoms with van der Waals surface area (Å²) in [5.41, 5.74) is 0.573. The van der Waals surface area contributed by atoms with Crippen LogP contribution < -0.4 is 0 Å². The highest BCUT2D eigenvalue weighted by Gasteiger charge is 2.32. The molecule has 118 valence electrons. The summed E-state index contributed by atoms with van der Waals surface area (Å²) < 4.78 is 27.2. The minimum atomic E-state index is -3.61. The van der Waals surface area contributed by atoms with Crippen LogP contribution in [0, 0.1) is 5.92 Å². The van der Waals surface area contributed by atoms with Gasteiger partial charge in [0.1, 0.15) is 4.90 Å². The molecule has 0 aliphatic heterocycles. The van der Waals surface area contributed by atoms with Crippen molar-refractivity contribution in [1.82, 2.24) is 4.31 Å². The van der Waals surface area contributed by atoms with Crippen LogP contribution in [0.25, 0.3) is 0 Å². The van der Waals surface area contributed by atoms with E-state index in [9.17, 15) is 8.42 Å². The predicted molar refractivity (Wildman–Crippen MR) is 87.8 cm³/mol. The molecular weight excluding hydrogens is 353 g/mol. The van der Waals surface area contributed by atoms with Gasteiger partial charge >= 0.3 is 0 Å². The molecule has 1 aliphatic rings. The van der Waals surface area contributed by atoms with E-state index in [-0.39, 0.29) is 15.8 Å². The summed E-state index contributed by atoms with van der Waals surface area (Å²) in [6.07, 6.45) is 2.95. The van der Waals surface area contributed by atoms with Gasteiger partial charge in [0.15, 0.2) is 0 Å². The summed E-state index contributed by atoms with van der Waals surface area (Å²) in [5.74, 6) is 0.625.